The predicted molar refractivity (Wildman–Crippen MR) is 72.0 cm³/mol. The lowest BCUT2D eigenvalue weighted by molar-refractivity contribution is 0.0861. The monoisotopic (exact) mass is 295 g/mol. The molecule has 2 rings (SSSR count). The van der Waals surface area contributed by atoms with Gasteiger partial charge in [-0.3, -0.25) is 0 Å². The zero-order chi connectivity index (χ0) is 12.3. The predicted octanol–water partition coefficient (Wildman–Crippen LogP) is 3.26. The number of benzene rings is 2. The first-order chi connectivity index (χ1) is 8.24. The van der Waals surface area contributed by atoms with E-state index in [-0.39, 0.29) is 0 Å². The summed E-state index contributed by atoms with van der Waals surface area (Å²) in [6.45, 7) is 0.613. The normalized spacial score (nSPS) is 10.8. The van der Waals surface area contributed by atoms with E-state index in [1.807, 2.05) is 12.1 Å². The van der Waals surface area contributed by atoms with E-state index in [1.165, 1.54) is 5.39 Å². The van der Waals surface area contributed by atoms with Crippen LogP contribution in [0, 0.1) is 0 Å². The molecule has 3 nitrogen and oxygen atoms in total. The lowest BCUT2D eigenvalue weighted by Gasteiger charge is -2.10. The van der Waals surface area contributed by atoms with Gasteiger partial charge in [-0.05, 0) is 35.0 Å². The van der Waals surface area contributed by atoms with Gasteiger partial charge in [0.05, 0.1) is 14.2 Å². The molecule has 0 atom stereocenters. The fourth-order valence-corrected chi connectivity index (χ4v) is 2.15. The van der Waals surface area contributed by atoms with Crippen molar-refractivity contribution < 1.29 is 9.57 Å². The van der Waals surface area contributed by atoms with Gasteiger partial charge in [-0.1, -0.05) is 22.0 Å². The Hall–Kier alpha value is -1.10. The number of hydroxylamine groups is 1. The summed E-state index contributed by atoms with van der Waals surface area (Å²) < 4.78 is 6.44. The molecule has 0 aromatic heterocycles. The maximum atomic E-state index is 5.37. The van der Waals surface area contributed by atoms with Gasteiger partial charge in [0.25, 0.3) is 0 Å². The molecule has 17 heavy (non-hydrogen) atoms. The van der Waals surface area contributed by atoms with Gasteiger partial charge in [0.2, 0.25) is 0 Å². The number of hydrogen-bond acceptors (Lipinski definition) is 3. The van der Waals surface area contributed by atoms with Crippen LogP contribution in [0.15, 0.2) is 34.8 Å². The Kier molecular flexibility index (Phi) is 3.99. The van der Waals surface area contributed by atoms with Crippen LogP contribution in [0.5, 0.6) is 5.75 Å². The largest absolute Gasteiger partial charge is 0.496 e. The zero-order valence-electron chi connectivity index (χ0n) is 9.79. The molecule has 0 bridgehead atoms. The Morgan fingerprint density at radius 2 is 1.94 bits per heavy atom. The van der Waals surface area contributed by atoms with Crippen LogP contribution in [-0.2, 0) is 11.4 Å². The molecule has 0 heterocycles. The molecule has 0 aliphatic rings. The van der Waals surface area contributed by atoms with Crippen molar-refractivity contribution in [3.05, 3.63) is 40.4 Å². The standard InChI is InChI=1S/C13H14BrNO2/c1-16-13-7-9-3-4-12(14)6-10(9)5-11(13)8-15-17-2/h3-7,15H,8H2,1-2H3. The van der Waals surface area contributed by atoms with Gasteiger partial charge in [0.15, 0.2) is 0 Å². The van der Waals surface area contributed by atoms with Crippen molar-refractivity contribution in [1.82, 2.24) is 5.48 Å². The molecule has 0 aliphatic carbocycles. The second-order valence-corrected chi connectivity index (χ2v) is 4.60. The Balaban J connectivity index is 2.49. The fraction of sp³-hybridized carbons (Fsp3) is 0.231. The zero-order valence-corrected chi connectivity index (χ0v) is 11.4. The number of nitrogens with one attached hydrogen (secondary N) is 1. The third-order valence-corrected chi connectivity index (χ3v) is 3.10. The van der Waals surface area contributed by atoms with Crippen LogP contribution < -0.4 is 10.2 Å². The summed E-state index contributed by atoms with van der Waals surface area (Å²) in [5.74, 6) is 0.865. The average molecular weight is 296 g/mol. The Morgan fingerprint density at radius 3 is 2.65 bits per heavy atom. The number of methoxy groups -OCH3 is 1. The Bertz CT molecular complexity index is 528. The second kappa shape index (κ2) is 5.49. The van der Waals surface area contributed by atoms with Crippen molar-refractivity contribution in [2.75, 3.05) is 14.2 Å². The molecule has 90 valence electrons. The third-order valence-electron chi connectivity index (χ3n) is 2.61. The van der Waals surface area contributed by atoms with Gasteiger partial charge in [-0.2, -0.15) is 5.48 Å². The van der Waals surface area contributed by atoms with E-state index in [0.29, 0.717) is 6.54 Å². The van der Waals surface area contributed by atoms with Crippen LogP contribution in [0.25, 0.3) is 10.8 Å². The van der Waals surface area contributed by atoms with Crippen molar-refractivity contribution in [2.45, 2.75) is 6.54 Å². The first-order valence-corrected chi connectivity index (χ1v) is 6.06. The van der Waals surface area contributed by atoms with Gasteiger partial charge in [-0.15, -0.1) is 0 Å². The van der Waals surface area contributed by atoms with E-state index >= 15 is 0 Å². The van der Waals surface area contributed by atoms with E-state index in [4.69, 9.17) is 9.57 Å². The second-order valence-electron chi connectivity index (χ2n) is 3.68. The van der Waals surface area contributed by atoms with Crippen LogP contribution in [-0.4, -0.2) is 14.2 Å². The molecule has 2 aromatic carbocycles. The number of ether oxygens (including phenoxy) is 1. The molecule has 0 aliphatic heterocycles. The van der Waals surface area contributed by atoms with Crippen molar-refractivity contribution >= 4 is 26.7 Å². The fourth-order valence-electron chi connectivity index (χ4n) is 1.77. The maximum absolute atomic E-state index is 5.37. The average Bonchev–Trinajstić information content (AvgIpc) is 2.35. The summed E-state index contributed by atoms with van der Waals surface area (Å²) in [6.07, 6.45) is 0. The summed E-state index contributed by atoms with van der Waals surface area (Å²) in [6, 6.07) is 10.3. The highest BCUT2D eigenvalue weighted by Crippen LogP contribution is 2.28. The molecule has 0 amide bonds. The van der Waals surface area contributed by atoms with E-state index in [9.17, 15) is 0 Å². The van der Waals surface area contributed by atoms with Gasteiger partial charge >= 0.3 is 0 Å². The van der Waals surface area contributed by atoms with Crippen LogP contribution in [0.1, 0.15) is 5.56 Å². The molecule has 0 saturated heterocycles. The summed E-state index contributed by atoms with van der Waals surface area (Å²) in [7, 11) is 3.28. The molecular formula is C13H14BrNO2. The quantitative estimate of drug-likeness (QED) is 0.878. The van der Waals surface area contributed by atoms with Crippen LogP contribution >= 0.6 is 15.9 Å². The summed E-state index contributed by atoms with van der Waals surface area (Å²) in [4.78, 5) is 4.87. The van der Waals surface area contributed by atoms with Gasteiger partial charge in [-0.25, -0.2) is 0 Å². The molecule has 0 saturated carbocycles. The number of fused-ring (bicyclic) bond motifs is 1. The van der Waals surface area contributed by atoms with E-state index in [2.05, 4.69) is 39.6 Å². The molecule has 4 heteroatoms. The van der Waals surface area contributed by atoms with Crippen LogP contribution in [0.2, 0.25) is 0 Å². The molecular weight excluding hydrogens is 282 g/mol. The van der Waals surface area contributed by atoms with E-state index in [0.717, 1.165) is 21.2 Å². The molecule has 0 unspecified atom stereocenters. The lowest BCUT2D eigenvalue weighted by Crippen LogP contribution is -2.11. The summed E-state index contributed by atoms with van der Waals surface area (Å²) in [5.41, 5.74) is 3.90. The highest BCUT2D eigenvalue weighted by Gasteiger charge is 2.05. The van der Waals surface area contributed by atoms with E-state index < -0.39 is 0 Å². The van der Waals surface area contributed by atoms with Crippen molar-refractivity contribution in [2.24, 2.45) is 0 Å². The highest BCUT2D eigenvalue weighted by molar-refractivity contribution is 9.10. The molecule has 0 spiro atoms. The molecule has 2 aromatic rings. The van der Waals surface area contributed by atoms with E-state index in [1.54, 1.807) is 14.2 Å². The number of halogens is 1. The summed E-state index contributed by atoms with van der Waals surface area (Å²) >= 11 is 3.47. The van der Waals surface area contributed by atoms with Crippen LogP contribution in [0.3, 0.4) is 0 Å². The Labute approximate surface area is 109 Å². The molecule has 0 radical (unpaired) electrons. The van der Waals surface area contributed by atoms with Crippen LogP contribution in [0.4, 0.5) is 0 Å². The SMILES string of the molecule is CONCc1cc2cc(Br)ccc2cc1OC. The van der Waals surface area contributed by atoms with Crippen molar-refractivity contribution in [3.8, 4) is 5.75 Å². The minimum Gasteiger partial charge on any atom is -0.496 e. The first-order valence-electron chi connectivity index (χ1n) is 5.26. The molecule has 1 N–H and O–H groups in total. The number of hydrogen-bond donors (Lipinski definition) is 1. The smallest absolute Gasteiger partial charge is 0.124 e. The first kappa shape index (κ1) is 12.4. The highest BCUT2D eigenvalue weighted by atomic mass is 79.9. The lowest BCUT2D eigenvalue weighted by atomic mass is 10.1. The van der Waals surface area contributed by atoms with Crippen molar-refractivity contribution in [1.29, 1.82) is 0 Å². The maximum Gasteiger partial charge on any atom is 0.124 e. The van der Waals surface area contributed by atoms with Gasteiger partial charge in [0, 0.05) is 16.6 Å². The minimum atomic E-state index is 0.613. The number of rotatable bonds is 4. The van der Waals surface area contributed by atoms with Gasteiger partial charge in [0.1, 0.15) is 5.75 Å². The summed E-state index contributed by atoms with van der Waals surface area (Å²) in [5, 5.41) is 2.33. The minimum absolute atomic E-state index is 0.613. The van der Waals surface area contributed by atoms with Crippen molar-refractivity contribution in [3.63, 3.8) is 0 Å². The van der Waals surface area contributed by atoms with Gasteiger partial charge < -0.3 is 9.57 Å². The Morgan fingerprint density at radius 1 is 1.12 bits per heavy atom. The third kappa shape index (κ3) is 2.77. The topological polar surface area (TPSA) is 30.5 Å². The molecule has 0 fully saturated rings.